The van der Waals surface area contributed by atoms with Crippen molar-refractivity contribution in [3.63, 3.8) is 0 Å². The molecule has 2 aliphatic carbocycles. The zero-order valence-electron chi connectivity index (χ0n) is 13.1. The van der Waals surface area contributed by atoms with Crippen molar-refractivity contribution in [2.75, 3.05) is 25.0 Å². The molecular weight excluding hydrogens is 350 g/mol. The summed E-state index contributed by atoms with van der Waals surface area (Å²) in [7, 11) is 0. The van der Waals surface area contributed by atoms with E-state index in [9.17, 15) is 0 Å². The van der Waals surface area contributed by atoms with Crippen LogP contribution in [-0.2, 0) is 4.74 Å². The molecule has 0 saturated heterocycles. The highest BCUT2D eigenvalue weighted by atomic mass is 35.5. The van der Waals surface area contributed by atoms with Crippen LogP contribution in [0.1, 0.15) is 58.3 Å². The predicted octanol–water partition coefficient (Wildman–Crippen LogP) is 6.66. The lowest BCUT2D eigenvalue weighted by molar-refractivity contribution is 0.0743. The normalized spacial score (nSPS) is 19.1. The van der Waals surface area contributed by atoms with E-state index in [1.165, 1.54) is 51.4 Å². The van der Waals surface area contributed by atoms with E-state index in [4.69, 9.17) is 51.1 Å². The van der Waals surface area contributed by atoms with E-state index < -0.39 is 0 Å². The van der Waals surface area contributed by atoms with Gasteiger partial charge < -0.3 is 4.74 Å². The van der Waals surface area contributed by atoms with Crippen LogP contribution in [0.15, 0.2) is 0 Å². The molecule has 0 aromatic rings. The third-order valence-electron chi connectivity index (χ3n) is 3.73. The van der Waals surface area contributed by atoms with Gasteiger partial charge in [0.25, 0.3) is 0 Å². The summed E-state index contributed by atoms with van der Waals surface area (Å²) in [5, 5.41) is 0. The minimum atomic E-state index is -0.222. The summed E-state index contributed by atoms with van der Waals surface area (Å²) in [4.78, 5) is -0.222. The van der Waals surface area contributed by atoms with Crippen molar-refractivity contribution in [2.45, 2.75) is 63.1 Å². The molecule has 0 aromatic carbocycles. The molecule has 2 saturated carbocycles. The summed E-state index contributed by atoms with van der Waals surface area (Å²) in [6.45, 7) is 3.80. The Balaban J connectivity index is 0.000000421. The molecule has 5 heteroatoms. The maximum atomic E-state index is 5.80. The fourth-order valence-corrected chi connectivity index (χ4v) is 2.76. The van der Waals surface area contributed by atoms with E-state index in [2.05, 4.69) is 0 Å². The number of rotatable bonds is 5. The number of alkyl halides is 4. The first-order valence-electron chi connectivity index (χ1n) is 8.08. The van der Waals surface area contributed by atoms with Gasteiger partial charge in [-0.1, -0.05) is 25.7 Å². The zero-order valence-corrected chi connectivity index (χ0v) is 16.2. The molecule has 0 aliphatic heterocycles. The minimum Gasteiger partial charge on any atom is -0.381 e. The third-order valence-corrected chi connectivity index (χ3v) is 4.30. The molecule has 0 atom stereocenters. The van der Waals surface area contributed by atoms with Crippen LogP contribution in [0.5, 0.6) is 0 Å². The number of hydrogen-bond donors (Lipinski definition) is 0. The third kappa shape index (κ3) is 15.8. The largest absolute Gasteiger partial charge is 0.381 e. The van der Waals surface area contributed by atoms with E-state index >= 15 is 0 Å². The fourth-order valence-electron chi connectivity index (χ4n) is 2.76. The van der Waals surface area contributed by atoms with Crippen LogP contribution < -0.4 is 0 Å². The molecule has 0 aromatic heterocycles. The topological polar surface area (TPSA) is 9.23 Å². The average molecular weight is 380 g/mol. The van der Waals surface area contributed by atoms with Gasteiger partial charge in [-0.15, -0.1) is 46.4 Å². The number of ether oxygens (including phenoxy) is 1. The van der Waals surface area contributed by atoms with Gasteiger partial charge in [0.1, 0.15) is 4.84 Å². The van der Waals surface area contributed by atoms with Gasteiger partial charge in [-0.2, -0.15) is 0 Å². The second kappa shape index (κ2) is 16.0. The zero-order chi connectivity index (χ0) is 15.9. The summed E-state index contributed by atoms with van der Waals surface area (Å²) >= 11 is 20.2. The van der Waals surface area contributed by atoms with Gasteiger partial charge in [0.15, 0.2) is 0 Å². The molecule has 128 valence electrons. The monoisotopic (exact) mass is 378 g/mol. The lowest BCUT2D eigenvalue weighted by Gasteiger charge is -2.13. The Labute approximate surface area is 151 Å². The summed E-state index contributed by atoms with van der Waals surface area (Å²) in [6.07, 6.45) is 11.5. The van der Waals surface area contributed by atoms with Crippen molar-refractivity contribution < 1.29 is 4.74 Å². The van der Waals surface area contributed by atoms with Crippen LogP contribution >= 0.6 is 46.4 Å². The van der Waals surface area contributed by atoms with E-state index in [1.807, 2.05) is 0 Å². The van der Waals surface area contributed by atoms with Gasteiger partial charge in [-0.3, -0.25) is 0 Å². The highest BCUT2D eigenvalue weighted by Crippen LogP contribution is 2.27. The highest BCUT2D eigenvalue weighted by Gasteiger charge is 2.18. The first-order chi connectivity index (χ1) is 10.1. The molecule has 2 fully saturated rings. The van der Waals surface area contributed by atoms with Gasteiger partial charge in [-0.25, -0.2) is 0 Å². The van der Waals surface area contributed by atoms with Gasteiger partial charge in [-0.05, 0) is 44.4 Å². The van der Waals surface area contributed by atoms with Crippen molar-refractivity contribution in [1.29, 1.82) is 0 Å². The molecule has 0 heterocycles. The van der Waals surface area contributed by atoms with Crippen LogP contribution in [0.4, 0.5) is 0 Å². The first-order valence-corrected chi connectivity index (χ1v) is 10.0. The summed E-state index contributed by atoms with van der Waals surface area (Å²) in [5.41, 5.74) is 0. The lowest BCUT2D eigenvalue weighted by Crippen LogP contribution is -2.11. The van der Waals surface area contributed by atoms with Crippen LogP contribution in [0.3, 0.4) is 0 Å². The van der Waals surface area contributed by atoms with Crippen molar-refractivity contribution >= 4 is 46.4 Å². The smallest absolute Gasteiger partial charge is 0.105 e. The average Bonchev–Trinajstić information content (AvgIpc) is 3.11. The Bertz CT molecular complexity index is 182. The Morgan fingerprint density at radius 1 is 0.810 bits per heavy atom. The Morgan fingerprint density at radius 3 is 1.33 bits per heavy atom. The second-order valence-electron chi connectivity index (χ2n) is 5.74. The van der Waals surface area contributed by atoms with Crippen LogP contribution in [0.25, 0.3) is 0 Å². The Morgan fingerprint density at radius 2 is 1.10 bits per heavy atom. The standard InChI is InChI=1S/C12H22O.2C2H4Cl2/c1-2-6-11(5-1)9-13-10-12-7-3-4-8-12;1-2(3)4;3-1-2-4/h11-12H,1-10H2;2H,1H3;1-2H2. The van der Waals surface area contributed by atoms with E-state index in [0.29, 0.717) is 11.8 Å². The predicted molar refractivity (Wildman–Crippen MR) is 97.3 cm³/mol. The molecule has 0 amide bonds. The van der Waals surface area contributed by atoms with Crippen LogP contribution in [0, 0.1) is 11.8 Å². The van der Waals surface area contributed by atoms with Gasteiger partial charge >= 0.3 is 0 Å². The number of hydrogen-bond acceptors (Lipinski definition) is 1. The first kappa shape index (κ1) is 22.1. The van der Waals surface area contributed by atoms with Crippen LogP contribution in [0.2, 0.25) is 0 Å². The molecular formula is C16H30Cl4O. The van der Waals surface area contributed by atoms with Crippen molar-refractivity contribution in [2.24, 2.45) is 11.8 Å². The van der Waals surface area contributed by atoms with Crippen molar-refractivity contribution in [3.05, 3.63) is 0 Å². The molecule has 0 spiro atoms. The summed E-state index contributed by atoms with van der Waals surface area (Å²) in [6, 6.07) is 0. The fraction of sp³-hybridized carbons (Fsp3) is 1.00. The van der Waals surface area contributed by atoms with Crippen LogP contribution in [-0.4, -0.2) is 29.8 Å². The van der Waals surface area contributed by atoms with Crippen molar-refractivity contribution in [1.82, 2.24) is 0 Å². The molecule has 0 unspecified atom stereocenters. The molecule has 1 nitrogen and oxygen atoms in total. The number of halogens is 4. The van der Waals surface area contributed by atoms with E-state index in [-0.39, 0.29) is 4.84 Å². The van der Waals surface area contributed by atoms with Gasteiger partial charge in [0.05, 0.1) is 0 Å². The second-order valence-corrected chi connectivity index (χ2v) is 8.02. The quantitative estimate of drug-likeness (QED) is 0.485. The lowest BCUT2D eigenvalue weighted by atomic mass is 10.1. The molecule has 0 radical (unpaired) electrons. The van der Waals surface area contributed by atoms with E-state index in [1.54, 1.807) is 6.92 Å². The molecule has 21 heavy (non-hydrogen) atoms. The van der Waals surface area contributed by atoms with Crippen molar-refractivity contribution in [3.8, 4) is 0 Å². The van der Waals surface area contributed by atoms with E-state index in [0.717, 1.165) is 25.0 Å². The SMILES string of the molecule is C1CCC(COCC2CCCC2)C1.CC(Cl)Cl.ClCCCl. The maximum Gasteiger partial charge on any atom is 0.105 e. The molecule has 2 aliphatic rings. The maximum absolute atomic E-state index is 5.80. The van der Waals surface area contributed by atoms with Gasteiger partial charge in [0, 0.05) is 25.0 Å². The molecule has 2 rings (SSSR count). The summed E-state index contributed by atoms with van der Waals surface area (Å²) in [5.74, 6) is 2.92. The Kier molecular flexibility index (Phi) is 16.8. The minimum absolute atomic E-state index is 0.222. The molecule has 0 bridgehead atoms. The Hall–Kier alpha value is 1.12. The molecule has 0 N–H and O–H groups in total. The summed E-state index contributed by atoms with van der Waals surface area (Å²) < 4.78 is 5.80. The van der Waals surface area contributed by atoms with Gasteiger partial charge in [0.2, 0.25) is 0 Å². The highest BCUT2D eigenvalue weighted by molar-refractivity contribution is 6.43.